The molecule has 0 radical (unpaired) electrons. The minimum absolute atomic E-state index is 0.290. The largest absolute Gasteiger partial charge is 0.454 e. The van der Waals surface area contributed by atoms with Gasteiger partial charge in [-0.1, -0.05) is 0 Å². The summed E-state index contributed by atoms with van der Waals surface area (Å²) in [5, 5.41) is 0. The highest BCUT2D eigenvalue weighted by Crippen LogP contribution is 2.18. The Bertz CT molecular complexity index is 402. The Balaban J connectivity index is 2.16. The highest BCUT2D eigenvalue weighted by atomic mass is 19.1. The van der Waals surface area contributed by atoms with Crippen molar-refractivity contribution in [1.82, 2.24) is 9.97 Å². The van der Waals surface area contributed by atoms with Gasteiger partial charge in [0.25, 0.3) is 0 Å². The predicted molar refractivity (Wildman–Crippen MR) is 48.5 cm³/mol. The van der Waals surface area contributed by atoms with Gasteiger partial charge in [-0.15, -0.1) is 0 Å². The minimum Gasteiger partial charge on any atom is -0.454 e. The molecule has 4 heteroatoms. The van der Waals surface area contributed by atoms with Crippen LogP contribution in [0.2, 0.25) is 0 Å². The van der Waals surface area contributed by atoms with E-state index in [-0.39, 0.29) is 5.82 Å². The molecule has 0 bridgehead atoms. The molecule has 0 aliphatic heterocycles. The van der Waals surface area contributed by atoms with Crippen LogP contribution in [0.3, 0.4) is 0 Å². The number of rotatable bonds is 2. The van der Waals surface area contributed by atoms with Crippen molar-refractivity contribution in [3.8, 4) is 11.5 Å². The third kappa shape index (κ3) is 2.04. The van der Waals surface area contributed by atoms with Gasteiger partial charge in [0, 0.05) is 0 Å². The van der Waals surface area contributed by atoms with E-state index in [2.05, 4.69) is 9.97 Å². The lowest BCUT2D eigenvalue weighted by Gasteiger charge is -2.03. The van der Waals surface area contributed by atoms with Gasteiger partial charge in [0.05, 0.1) is 12.4 Å². The highest BCUT2D eigenvalue weighted by molar-refractivity contribution is 5.27. The second-order valence-electron chi connectivity index (χ2n) is 2.63. The summed E-state index contributed by atoms with van der Waals surface area (Å²) < 4.78 is 17.9. The lowest BCUT2D eigenvalue weighted by molar-refractivity contribution is 0.475. The van der Waals surface area contributed by atoms with E-state index in [0.717, 1.165) is 0 Å². The normalized spacial score (nSPS) is 9.79. The Hall–Kier alpha value is -1.97. The third-order valence-electron chi connectivity index (χ3n) is 1.59. The Morgan fingerprint density at radius 1 is 0.929 bits per heavy atom. The molecule has 14 heavy (non-hydrogen) atoms. The molecule has 1 aromatic heterocycles. The molecule has 0 fully saturated rings. The molecule has 3 nitrogen and oxygen atoms in total. The van der Waals surface area contributed by atoms with Crippen LogP contribution in [0.4, 0.5) is 4.39 Å². The van der Waals surface area contributed by atoms with Crippen LogP contribution in [-0.4, -0.2) is 9.97 Å². The number of hydrogen-bond acceptors (Lipinski definition) is 3. The van der Waals surface area contributed by atoms with Gasteiger partial charge in [0.2, 0.25) is 0 Å². The van der Waals surface area contributed by atoms with E-state index in [9.17, 15) is 4.39 Å². The number of hydrogen-bond donors (Lipinski definition) is 0. The van der Waals surface area contributed by atoms with Crippen LogP contribution in [0, 0.1) is 5.82 Å². The van der Waals surface area contributed by atoms with Gasteiger partial charge >= 0.3 is 0 Å². The summed E-state index contributed by atoms with van der Waals surface area (Å²) in [7, 11) is 0. The Morgan fingerprint density at radius 2 is 1.57 bits per heavy atom. The summed E-state index contributed by atoms with van der Waals surface area (Å²) in [5.41, 5.74) is 0. The summed E-state index contributed by atoms with van der Waals surface area (Å²) in [6.45, 7) is 0. The molecule has 0 saturated carbocycles. The summed E-state index contributed by atoms with van der Waals surface area (Å²) in [4.78, 5) is 7.58. The van der Waals surface area contributed by atoms with Crippen molar-refractivity contribution in [3.05, 3.63) is 48.8 Å². The molecule has 1 aromatic carbocycles. The van der Waals surface area contributed by atoms with Gasteiger partial charge < -0.3 is 4.74 Å². The molecule has 0 atom stereocenters. The molecule has 1 heterocycles. The second-order valence-corrected chi connectivity index (χ2v) is 2.63. The lowest BCUT2D eigenvalue weighted by atomic mass is 10.3. The van der Waals surface area contributed by atoms with Crippen LogP contribution < -0.4 is 4.74 Å². The van der Waals surface area contributed by atoms with Gasteiger partial charge in [0.15, 0.2) is 5.75 Å². The first-order valence-corrected chi connectivity index (χ1v) is 4.03. The molecule has 0 spiro atoms. The van der Waals surface area contributed by atoms with Crippen molar-refractivity contribution in [2.24, 2.45) is 0 Å². The summed E-state index contributed by atoms with van der Waals surface area (Å²) in [5.74, 6) is 0.793. The zero-order chi connectivity index (χ0) is 9.80. The maximum absolute atomic E-state index is 12.5. The van der Waals surface area contributed by atoms with Crippen LogP contribution in [-0.2, 0) is 0 Å². The van der Waals surface area contributed by atoms with Gasteiger partial charge in [-0.25, -0.2) is 14.4 Å². The molecular formula is C10H7FN2O. The average Bonchev–Trinajstić information content (AvgIpc) is 2.23. The van der Waals surface area contributed by atoms with Gasteiger partial charge in [-0.05, 0) is 24.3 Å². The maximum atomic E-state index is 12.5. The first kappa shape index (κ1) is 8.62. The quantitative estimate of drug-likeness (QED) is 0.729. The van der Waals surface area contributed by atoms with Crippen molar-refractivity contribution in [2.75, 3.05) is 0 Å². The van der Waals surface area contributed by atoms with Crippen LogP contribution >= 0.6 is 0 Å². The zero-order valence-corrected chi connectivity index (χ0v) is 7.22. The van der Waals surface area contributed by atoms with Gasteiger partial charge in [-0.3, -0.25) is 0 Å². The monoisotopic (exact) mass is 190 g/mol. The topological polar surface area (TPSA) is 35.0 Å². The van der Waals surface area contributed by atoms with E-state index >= 15 is 0 Å². The lowest BCUT2D eigenvalue weighted by Crippen LogP contribution is -1.86. The Labute approximate surface area is 80.2 Å². The molecule has 0 N–H and O–H groups in total. The number of aromatic nitrogens is 2. The van der Waals surface area contributed by atoms with E-state index in [4.69, 9.17) is 4.74 Å². The number of nitrogens with zero attached hydrogens (tertiary/aromatic N) is 2. The van der Waals surface area contributed by atoms with Crippen LogP contribution in [0.1, 0.15) is 0 Å². The molecule has 70 valence electrons. The predicted octanol–water partition coefficient (Wildman–Crippen LogP) is 2.41. The van der Waals surface area contributed by atoms with Crippen LogP contribution in [0.15, 0.2) is 43.0 Å². The molecule has 0 amide bonds. The standard InChI is InChI=1S/C10H7FN2O/c11-8-1-3-9(4-2-8)14-10-5-12-7-13-6-10/h1-7H. The van der Waals surface area contributed by atoms with Crippen molar-refractivity contribution in [2.45, 2.75) is 0 Å². The van der Waals surface area contributed by atoms with Crippen molar-refractivity contribution >= 4 is 0 Å². The fourth-order valence-corrected chi connectivity index (χ4v) is 0.977. The Kier molecular flexibility index (Phi) is 2.36. The maximum Gasteiger partial charge on any atom is 0.163 e. The average molecular weight is 190 g/mol. The van der Waals surface area contributed by atoms with Crippen LogP contribution in [0.5, 0.6) is 11.5 Å². The zero-order valence-electron chi connectivity index (χ0n) is 7.22. The molecule has 0 unspecified atom stereocenters. The number of benzene rings is 1. The molecule has 0 aliphatic carbocycles. The van der Waals surface area contributed by atoms with Crippen molar-refractivity contribution in [3.63, 3.8) is 0 Å². The van der Waals surface area contributed by atoms with E-state index < -0.39 is 0 Å². The molecular weight excluding hydrogens is 183 g/mol. The molecule has 0 saturated heterocycles. The summed E-state index contributed by atoms with van der Waals surface area (Å²) >= 11 is 0. The second kappa shape index (κ2) is 3.83. The Morgan fingerprint density at radius 3 is 2.21 bits per heavy atom. The van der Waals surface area contributed by atoms with Gasteiger partial charge in [0.1, 0.15) is 17.9 Å². The summed E-state index contributed by atoms with van der Waals surface area (Å²) in [6.07, 6.45) is 4.49. The van der Waals surface area contributed by atoms with E-state index in [1.807, 2.05) is 0 Å². The molecule has 0 aliphatic rings. The number of ether oxygens (including phenoxy) is 1. The summed E-state index contributed by atoms with van der Waals surface area (Å²) in [6, 6.07) is 5.75. The highest BCUT2D eigenvalue weighted by Gasteiger charge is 1.96. The molecule has 2 rings (SSSR count). The van der Waals surface area contributed by atoms with Gasteiger partial charge in [-0.2, -0.15) is 0 Å². The smallest absolute Gasteiger partial charge is 0.163 e. The first-order chi connectivity index (χ1) is 6.84. The fraction of sp³-hybridized carbons (Fsp3) is 0. The minimum atomic E-state index is -0.290. The first-order valence-electron chi connectivity index (χ1n) is 4.03. The SMILES string of the molecule is Fc1ccc(Oc2cncnc2)cc1. The molecule has 2 aromatic rings. The van der Waals surface area contributed by atoms with E-state index in [0.29, 0.717) is 11.5 Å². The van der Waals surface area contributed by atoms with Crippen molar-refractivity contribution in [1.29, 1.82) is 0 Å². The third-order valence-corrected chi connectivity index (χ3v) is 1.59. The number of halogens is 1. The van der Waals surface area contributed by atoms with Crippen molar-refractivity contribution < 1.29 is 9.13 Å². The van der Waals surface area contributed by atoms with E-state index in [1.54, 1.807) is 12.1 Å². The fourth-order valence-electron chi connectivity index (χ4n) is 0.977. The van der Waals surface area contributed by atoms with E-state index in [1.165, 1.54) is 30.9 Å². The van der Waals surface area contributed by atoms with Crippen LogP contribution in [0.25, 0.3) is 0 Å².